The smallest absolute Gasteiger partial charge is 0.227 e. The van der Waals surface area contributed by atoms with Crippen molar-refractivity contribution in [3.8, 4) is 10.7 Å². The highest BCUT2D eigenvalue weighted by atomic mass is 32.1. The second-order valence-electron chi connectivity index (χ2n) is 5.10. The summed E-state index contributed by atoms with van der Waals surface area (Å²) in [5, 5.41) is 12.2. The average Bonchev–Trinajstić information content (AvgIpc) is 3.17. The van der Waals surface area contributed by atoms with Crippen molar-refractivity contribution in [1.82, 2.24) is 20.8 Å². The molecule has 3 heterocycles. The molecule has 1 aliphatic rings. The third-order valence-electron chi connectivity index (χ3n) is 3.44. The highest BCUT2D eigenvalue weighted by Gasteiger charge is 2.16. The van der Waals surface area contributed by atoms with Gasteiger partial charge in [0.05, 0.1) is 4.88 Å². The van der Waals surface area contributed by atoms with Gasteiger partial charge >= 0.3 is 0 Å². The SMILES string of the molecule is O=C(CCc1nc(-c2cccs2)no1)N[C@H]1CCCNC1. The van der Waals surface area contributed by atoms with Gasteiger partial charge in [-0.2, -0.15) is 4.98 Å². The Morgan fingerprint density at radius 2 is 2.52 bits per heavy atom. The van der Waals surface area contributed by atoms with Crippen LogP contribution in [0.2, 0.25) is 0 Å². The second-order valence-corrected chi connectivity index (χ2v) is 6.05. The zero-order valence-corrected chi connectivity index (χ0v) is 12.5. The van der Waals surface area contributed by atoms with Gasteiger partial charge in [-0.15, -0.1) is 11.3 Å². The van der Waals surface area contributed by atoms with Gasteiger partial charge in [0.1, 0.15) is 0 Å². The molecule has 0 aliphatic carbocycles. The molecular formula is C14H18N4O2S. The molecule has 0 aromatic carbocycles. The lowest BCUT2D eigenvalue weighted by molar-refractivity contribution is -0.121. The number of hydrogen-bond donors (Lipinski definition) is 2. The van der Waals surface area contributed by atoms with Crippen molar-refractivity contribution in [2.45, 2.75) is 31.7 Å². The number of thiophene rings is 1. The molecule has 2 N–H and O–H groups in total. The lowest BCUT2D eigenvalue weighted by atomic mass is 10.1. The largest absolute Gasteiger partial charge is 0.352 e. The molecular weight excluding hydrogens is 288 g/mol. The third kappa shape index (κ3) is 3.89. The van der Waals surface area contributed by atoms with Crippen molar-refractivity contribution in [3.05, 3.63) is 23.4 Å². The zero-order chi connectivity index (χ0) is 14.5. The van der Waals surface area contributed by atoms with Crippen LogP contribution >= 0.6 is 11.3 Å². The number of piperidine rings is 1. The number of carbonyl (C=O) groups excluding carboxylic acids is 1. The number of amides is 1. The van der Waals surface area contributed by atoms with E-state index in [1.807, 2.05) is 17.5 Å². The summed E-state index contributed by atoms with van der Waals surface area (Å²) >= 11 is 1.57. The van der Waals surface area contributed by atoms with Crippen LogP contribution in [0.4, 0.5) is 0 Å². The molecule has 1 atom stereocenters. The molecule has 1 amide bonds. The predicted octanol–water partition coefficient (Wildman–Crippen LogP) is 1.60. The quantitative estimate of drug-likeness (QED) is 0.877. The van der Waals surface area contributed by atoms with Gasteiger partial charge in [0, 0.05) is 25.4 Å². The van der Waals surface area contributed by atoms with Crippen LogP contribution < -0.4 is 10.6 Å². The first kappa shape index (κ1) is 14.2. The van der Waals surface area contributed by atoms with E-state index in [2.05, 4.69) is 20.8 Å². The van der Waals surface area contributed by atoms with Crippen molar-refractivity contribution in [2.75, 3.05) is 13.1 Å². The van der Waals surface area contributed by atoms with Gasteiger partial charge in [0.25, 0.3) is 0 Å². The first-order valence-corrected chi connectivity index (χ1v) is 8.06. The first-order chi connectivity index (χ1) is 10.3. The first-order valence-electron chi connectivity index (χ1n) is 7.18. The molecule has 2 aromatic heterocycles. The topological polar surface area (TPSA) is 80.0 Å². The molecule has 0 bridgehead atoms. The fraction of sp³-hybridized carbons (Fsp3) is 0.500. The molecule has 0 spiro atoms. The monoisotopic (exact) mass is 306 g/mol. The average molecular weight is 306 g/mol. The fourth-order valence-corrected chi connectivity index (χ4v) is 3.01. The van der Waals surface area contributed by atoms with Gasteiger partial charge in [-0.05, 0) is 30.8 Å². The molecule has 1 fully saturated rings. The van der Waals surface area contributed by atoms with Gasteiger partial charge in [0.2, 0.25) is 17.6 Å². The molecule has 0 radical (unpaired) electrons. The molecule has 0 unspecified atom stereocenters. The molecule has 2 aromatic rings. The zero-order valence-electron chi connectivity index (χ0n) is 11.7. The minimum atomic E-state index is 0.0413. The molecule has 0 saturated carbocycles. The van der Waals surface area contributed by atoms with E-state index >= 15 is 0 Å². The number of hydrogen-bond acceptors (Lipinski definition) is 6. The number of nitrogens with one attached hydrogen (secondary N) is 2. The van der Waals surface area contributed by atoms with E-state index in [1.54, 1.807) is 11.3 Å². The van der Waals surface area contributed by atoms with Gasteiger partial charge in [-0.25, -0.2) is 0 Å². The Morgan fingerprint density at radius 3 is 3.29 bits per heavy atom. The summed E-state index contributed by atoms with van der Waals surface area (Å²) in [6.45, 7) is 1.90. The number of aryl methyl sites for hydroxylation is 1. The summed E-state index contributed by atoms with van der Waals surface area (Å²) in [6.07, 6.45) is 3.01. The Bertz CT molecular complexity index is 576. The van der Waals surface area contributed by atoms with E-state index in [4.69, 9.17) is 4.52 Å². The van der Waals surface area contributed by atoms with Crippen LogP contribution in [0, 0.1) is 0 Å². The minimum absolute atomic E-state index is 0.0413. The Kier molecular flexibility index (Phi) is 4.62. The lowest BCUT2D eigenvalue weighted by Gasteiger charge is -2.23. The maximum Gasteiger partial charge on any atom is 0.227 e. The van der Waals surface area contributed by atoms with Crippen molar-refractivity contribution in [1.29, 1.82) is 0 Å². The van der Waals surface area contributed by atoms with Crippen molar-refractivity contribution >= 4 is 17.2 Å². The summed E-state index contributed by atoms with van der Waals surface area (Å²) < 4.78 is 5.18. The van der Waals surface area contributed by atoms with Gasteiger partial charge in [-0.1, -0.05) is 11.2 Å². The van der Waals surface area contributed by atoms with Gasteiger partial charge in [0.15, 0.2) is 0 Å². The van der Waals surface area contributed by atoms with Crippen LogP contribution in [0.1, 0.15) is 25.2 Å². The molecule has 1 aliphatic heterocycles. The second kappa shape index (κ2) is 6.82. The number of rotatable bonds is 5. The predicted molar refractivity (Wildman–Crippen MR) is 80.0 cm³/mol. The molecule has 21 heavy (non-hydrogen) atoms. The van der Waals surface area contributed by atoms with Gasteiger partial charge < -0.3 is 15.2 Å². The van der Waals surface area contributed by atoms with Crippen LogP contribution in [0.5, 0.6) is 0 Å². The highest BCUT2D eigenvalue weighted by molar-refractivity contribution is 7.13. The maximum atomic E-state index is 11.9. The van der Waals surface area contributed by atoms with Crippen LogP contribution in [0.15, 0.2) is 22.0 Å². The van der Waals surface area contributed by atoms with Crippen LogP contribution in [-0.4, -0.2) is 35.2 Å². The number of nitrogens with zero attached hydrogens (tertiary/aromatic N) is 2. The normalized spacial score (nSPS) is 18.6. The lowest BCUT2D eigenvalue weighted by Crippen LogP contribution is -2.45. The van der Waals surface area contributed by atoms with Crippen molar-refractivity contribution in [2.24, 2.45) is 0 Å². The van der Waals surface area contributed by atoms with E-state index in [0.717, 1.165) is 30.8 Å². The molecule has 1 saturated heterocycles. The summed E-state index contributed by atoms with van der Waals surface area (Å²) in [6, 6.07) is 4.14. The number of carbonyl (C=O) groups is 1. The van der Waals surface area contributed by atoms with Crippen molar-refractivity contribution in [3.63, 3.8) is 0 Å². The van der Waals surface area contributed by atoms with E-state index in [9.17, 15) is 4.79 Å². The molecule has 3 rings (SSSR count). The van der Waals surface area contributed by atoms with Crippen LogP contribution in [-0.2, 0) is 11.2 Å². The maximum absolute atomic E-state index is 11.9. The highest BCUT2D eigenvalue weighted by Crippen LogP contribution is 2.21. The van der Waals surface area contributed by atoms with Gasteiger partial charge in [-0.3, -0.25) is 4.79 Å². The minimum Gasteiger partial charge on any atom is -0.352 e. The fourth-order valence-electron chi connectivity index (χ4n) is 2.36. The molecule has 112 valence electrons. The third-order valence-corrected chi connectivity index (χ3v) is 4.30. The summed E-state index contributed by atoms with van der Waals surface area (Å²) in [5.41, 5.74) is 0. The molecule has 6 nitrogen and oxygen atoms in total. The summed E-state index contributed by atoms with van der Waals surface area (Å²) in [7, 11) is 0. The Balaban J connectivity index is 1.47. The van der Waals surface area contributed by atoms with E-state index in [0.29, 0.717) is 24.6 Å². The van der Waals surface area contributed by atoms with Crippen LogP contribution in [0.25, 0.3) is 10.7 Å². The van der Waals surface area contributed by atoms with Crippen molar-refractivity contribution < 1.29 is 9.32 Å². The Hall–Kier alpha value is -1.73. The van der Waals surface area contributed by atoms with E-state index in [1.165, 1.54) is 0 Å². The standard InChI is InChI=1S/C14H18N4O2S/c19-12(16-10-3-1-7-15-9-10)5-6-13-17-14(18-20-13)11-4-2-8-21-11/h2,4,8,10,15H,1,3,5-7,9H2,(H,16,19)/t10-/m0/s1. The van der Waals surface area contributed by atoms with E-state index in [-0.39, 0.29) is 11.9 Å². The van der Waals surface area contributed by atoms with Crippen LogP contribution in [0.3, 0.4) is 0 Å². The molecule has 7 heteroatoms. The Labute approximate surface area is 126 Å². The summed E-state index contributed by atoms with van der Waals surface area (Å²) in [5.74, 6) is 1.15. The Morgan fingerprint density at radius 1 is 1.57 bits per heavy atom. The number of aromatic nitrogens is 2. The summed E-state index contributed by atoms with van der Waals surface area (Å²) in [4.78, 5) is 17.2. The van der Waals surface area contributed by atoms with E-state index < -0.39 is 0 Å².